The number of likely N-dealkylation sites (tertiary alicyclic amines) is 1. The minimum absolute atomic E-state index is 0. The summed E-state index contributed by atoms with van der Waals surface area (Å²) in [6, 6.07) is 6.82. The Hall–Kier alpha value is -0.910. The van der Waals surface area contributed by atoms with Crippen molar-refractivity contribution in [2.45, 2.75) is 19.6 Å². The second-order valence-electron chi connectivity index (χ2n) is 4.65. The van der Waals surface area contributed by atoms with Crippen LogP contribution in [0.4, 0.5) is 8.78 Å². The van der Waals surface area contributed by atoms with Gasteiger partial charge in [0.15, 0.2) is 0 Å². The van der Waals surface area contributed by atoms with Crippen LogP contribution in [0, 0.1) is 5.92 Å². The quantitative estimate of drug-likeness (QED) is 0.906. The number of ether oxygens (including phenoxy) is 1. The second-order valence-corrected chi connectivity index (χ2v) is 4.65. The Bertz CT molecular complexity index is 375. The summed E-state index contributed by atoms with van der Waals surface area (Å²) in [5.41, 5.74) is 6.75. The number of nitrogens with two attached hydrogens (primary N) is 1. The predicted molar refractivity (Wildman–Crippen MR) is 72.8 cm³/mol. The SMILES string of the molecule is Cl.NCC1CCN(Cc2ccc(OC(F)F)cc2)C1. The molecule has 6 heteroatoms. The third-order valence-electron chi connectivity index (χ3n) is 3.26. The van der Waals surface area contributed by atoms with Gasteiger partial charge in [0.1, 0.15) is 5.75 Å². The summed E-state index contributed by atoms with van der Waals surface area (Å²) >= 11 is 0. The van der Waals surface area contributed by atoms with Crippen LogP contribution in [0.25, 0.3) is 0 Å². The largest absolute Gasteiger partial charge is 0.435 e. The van der Waals surface area contributed by atoms with Crippen LogP contribution in [0.15, 0.2) is 24.3 Å². The van der Waals surface area contributed by atoms with Crippen LogP contribution in [0.1, 0.15) is 12.0 Å². The number of alkyl halides is 2. The molecule has 0 bridgehead atoms. The van der Waals surface area contributed by atoms with Gasteiger partial charge in [0, 0.05) is 13.1 Å². The minimum atomic E-state index is -2.76. The van der Waals surface area contributed by atoms with Gasteiger partial charge in [-0.05, 0) is 43.1 Å². The van der Waals surface area contributed by atoms with E-state index in [0.29, 0.717) is 5.92 Å². The van der Waals surface area contributed by atoms with Crippen molar-refractivity contribution in [3.05, 3.63) is 29.8 Å². The Balaban J connectivity index is 0.00000180. The van der Waals surface area contributed by atoms with Crippen molar-refractivity contribution in [1.82, 2.24) is 4.90 Å². The maximum absolute atomic E-state index is 12.0. The number of hydrogen-bond acceptors (Lipinski definition) is 3. The van der Waals surface area contributed by atoms with Crippen molar-refractivity contribution < 1.29 is 13.5 Å². The van der Waals surface area contributed by atoms with Crippen molar-refractivity contribution in [3.63, 3.8) is 0 Å². The third-order valence-corrected chi connectivity index (χ3v) is 3.26. The van der Waals surface area contributed by atoms with Crippen molar-refractivity contribution in [2.24, 2.45) is 11.7 Å². The van der Waals surface area contributed by atoms with Gasteiger partial charge in [-0.2, -0.15) is 8.78 Å². The van der Waals surface area contributed by atoms with E-state index in [1.54, 1.807) is 12.1 Å². The maximum atomic E-state index is 12.0. The van der Waals surface area contributed by atoms with Crippen LogP contribution < -0.4 is 10.5 Å². The van der Waals surface area contributed by atoms with Crippen LogP contribution in [0.2, 0.25) is 0 Å². The summed E-state index contributed by atoms with van der Waals surface area (Å²) < 4.78 is 28.3. The van der Waals surface area contributed by atoms with Crippen LogP contribution in [-0.4, -0.2) is 31.1 Å². The molecule has 2 rings (SSSR count). The second kappa shape index (κ2) is 7.62. The molecule has 1 aliphatic rings. The van der Waals surface area contributed by atoms with Gasteiger partial charge in [0.25, 0.3) is 0 Å². The molecule has 1 aliphatic heterocycles. The molecule has 1 saturated heterocycles. The van der Waals surface area contributed by atoms with E-state index in [9.17, 15) is 8.78 Å². The van der Waals surface area contributed by atoms with Gasteiger partial charge in [-0.15, -0.1) is 12.4 Å². The first-order valence-electron chi connectivity index (χ1n) is 6.13. The van der Waals surface area contributed by atoms with E-state index in [2.05, 4.69) is 9.64 Å². The number of halogens is 3. The average Bonchev–Trinajstić information content (AvgIpc) is 2.79. The number of nitrogens with zero attached hydrogens (tertiary/aromatic N) is 1. The summed E-state index contributed by atoms with van der Waals surface area (Å²) in [6.07, 6.45) is 1.14. The van der Waals surface area contributed by atoms with E-state index in [1.807, 2.05) is 12.1 Å². The van der Waals surface area contributed by atoms with Crippen LogP contribution in [0.3, 0.4) is 0 Å². The van der Waals surface area contributed by atoms with E-state index < -0.39 is 6.61 Å². The van der Waals surface area contributed by atoms with E-state index in [1.165, 1.54) is 0 Å². The molecule has 108 valence electrons. The molecule has 0 spiro atoms. The number of rotatable bonds is 5. The molecule has 1 heterocycles. The summed E-state index contributed by atoms with van der Waals surface area (Å²) in [4.78, 5) is 2.33. The highest BCUT2D eigenvalue weighted by Crippen LogP contribution is 2.20. The van der Waals surface area contributed by atoms with Crippen molar-refractivity contribution in [1.29, 1.82) is 0 Å². The summed E-state index contributed by atoms with van der Waals surface area (Å²) in [7, 11) is 0. The lowest BCUT2D eigenvalue weighted by molar-refractivity contribution is -0.0498. The molecule has 1 aromatic rings. The molecule has 1 unspecified atom stereocenters. The maximum Gasteiger partial charge on any atom is 0.387 e. The summed E-state index contributed by atoms with van der Waals surface area (Å²) in [5, 5.41) is 0. The van der Waals surface area contributed by atoms with Gasteiger partial charge < -0.3 is 10.5 Å². The number of hydrogen-bond donors (Lipinski definition) is 1. The molecule has 0 amide bonds. The lowest BCUT2D eigenvalue weighted by Gasteiger charge is -2.16. The minimum Gasteiger partial charge on any atom is -0.435 e. The zero-order chi connectivity index (χ0) is 13.0. The van der Waals surface area contributed by atoms with Crippen molar-refractivity contribution >= 4 is 12.4 Å². The van der Waals surface area contributed by atoms with Gasteiger partial charge in [-0.3, -0.25) is 4.90 Å². The van der Waals surface area contributed by atoms with E-state index in [4.69, 9.17) is 5.73 Å². The molecule has 3 nitrogen and oxygen atoms in total. The predicted octanol–water partition coefficient (Wildman–Crippen LogP) is 2.49. The average molecular weight is 293 g/mol. The fourth-order valence-corrected chi connectivity index (χ4v) is 2.28. The fraction of sp³-hybridized carbons (Fsp3) is 0.538. The van der Waals surface area contributed by atoms with Gasteiger partial charge in [0.2, 0.25) is 0 Å². The zero-order valence-electron chi connectivity index (χ0n) is 10.6. The Labute approximate surface area is 118 Å². The topological polar surface area (TPSA) is 38.5 Å². The molecule has 1 fully saturated rings. The molecule has 1 atom stereocenters. The molecular weight excluding hydrogens is 274 g/mol. The zero-order valence-corrected chi connectivity index (χ0v) is 11.4. The fourth-order valence-electron chi connectivity index (χ4n) is 2.28. The Morgan fingerprint density at radius 3 is 2.53 bits per heavy atom. The third kappa shape index (κ3) is 4.93. The smallest absolute Gasteiger partial charge is 0.387 e. The normalized spacial score (nSPS) is 19.5. The summed E-state index contributed by atoms with van der Waals surface area (Å²) in [6.45, 7) is 0.881. The molecule has 0 radical (unpaired) electrons. The van der Waals surface area contributed by atoms with E-state index >= 15 is 0 Å². The van der Waals surface area contributed by atoms with Crippen LogP contribution in [0.5, 0.6) is 5.75 Å². The molecule has 0 saturated carbocycles. The molecule has 0 aromatic heterocycles. The van der Waals surface area contributed by atoms with Crippen molar-refractivity contribution in [3.8, 4) is 5.75 Å². The highest BCUT2D eigenvalue weighted by atomic mass is 35.5. The standard InChI is InChI=1S/C13H18F2N2O.ClH/c14-13(15)18-12-3-1-10(2-4-12)8-17-6-5-11(7-16)9-17;/h1-4,11,13H,5-9,16H2;1H. The Kier molecular flexibility index (Phi) is 6.48. The first kappa shape index (κ1) is 16.1. The Morgan fingerprint density at radius 1 is 1.32 bits per heavy atom. The molecule has 1 aromatic carbocycles. The number of benzene rings is 1. The lowest BCUT2D eigenvalue weighted by Crippen LogP contribution is -2.22. The summed E-state index contributed by atoms with van der Waals surface area (Å²) in [5.74, 6) is 0.793. The molecule has 19 heavy (non-hydrogen) atoms. The highest BCUT2D eigenvalue weighted by molar-refractivity contribution is 5.85. The van der Waals surface area contributed by atoms with E-state index in [-0.39, 0.29) is 18.2 Å². The van der Waals surface area contributed by atoms with Gasteiger partial charge >= 0.3 is 6.61 Å². The molecular formula is C13H19ClF2N2O. The lowest BCUT2D eigenvalue weighted by atomic mass is 10.1. The van der Waals surface area contributed by atoms with Gasteiger partial charge in [-0.1, -0.05) is 12.1 Å². The van der Waals surface area contributed by atoms with E-state index in [0.717, 1.165) is 38.2 Å². The molecule has 2 N–H and O–H groups in total. The first-order chi connectivity index (χ1) is 8.67. The Morgan fingerprint density at radius 2 is 2.00 bits per heavy atom. The van der Waals surface area contributed by atoms with Crippen LogP contribution in [-0.2, 0) is 6.54 Å². The molecule has 0 aliphatic carbocycles. The van der Waals surface area contributed by atoms with Crippen molar-refractivity contribution in [2.75, 3.05) is 19.6 Å². The van der Waals surface area contributed by atoms with Gasteiger partial charge in [0.05, 0.1) is 0 Å². The first-order valence-corrected chi connectivity index (χ1v) is 6.13. The monoisotopic (exact) mass is 292 g/mol. The highest BCUT2D eigenvalue weighted by Gasteiger charge is 2.20. The van der Waals surface area contributed by atoms with Gasteiger partial charge in [-0.25, -0.2) is 0 Å². The van der Waals surface area contributed by atoms with Crippen LogP contribution >= 0.6 is 12.4 Å².